The largest absolute Gasteiger partial charge is 0.504 e. The fraction of sp³-hybridized carbons (Fsp3) is 0.619. The Morgan fingerprint density at radius 3 is 2.80 bits per heavy atom. The summed E-state index contributed by atoms with van der Waals surface area (Å²) in [7, 11) is 1.87. The van der Waals surface area contributed by atoms with Crippen LogP contribution >= 0.6 is 11.8 Å². The molecule has 2 rings (SSSR count). The number of phenols is 1. The van der Waals surface area contributed by atoms with E-state index in [1.165, 1.54) is 6.92 Å². The highest BCUT2D eigenvalue weighted by molar-refractivity contribution is 8.14. The highest BCUT2D eigenvalue weighted by atomic mass is 32.2. The average molecular weight is 438 g/mol. The van der Waals surface area contributed by atoms with Gasteiger partial charge in [0.25, 0.3) is 0 Å². The van der Waals surface area contributed by atoms with Gasteiger partial charge in [-0.25, -0.2) is 0 Å². The van der Waals surface area contributed by atoms with Crippen molar-refractivity contribution in [3.63, 3.8) is 0 Å². The molecule has 0 fully saturated rings. The van der Waals surface area contributed by atoms with Crippen LogP contribution in [-0.2, 0) is 4.79 Å². The zero-order valence-electron chi connectivity index (χ0n) is 18.6. The molecular formula is C21H35N5O3S. The molecule has 1 aromatic rings. The molecule has 0 aromatic heterocycles. The van der Waals surface area contributed by atoms with Crippen LogP contribution in [0.25, 0.3) is 0 Å². The molecule has 0 spiro atoms. The van der Waals surface area contributed by atoms with E-state index in [9.17, 15) is 9.90 Å². The van der Waals surface area contributed by atoms with Gasteiger partial charge in [-0.05, 0) is 49.7 Å². The third-order valence-corrected chi connectivity index (χ3v) is 5.99. The molecule has 0 saturated carbocycles. The standard InChI is InChI=1S/C21H35N5O3S/c1-6-8-12-26(21-24-25(5)20(30-21)23-16(4)27)13-11-22-15(3)17-9-10-19(29-7-2)18(28)14-17/h9-10,14-15,20,22,28H,6-8,11-13H2,1-5H3,(H,23,27)/t15-,20?/m0/s1. The summed E-state index contributed by atoms with van der Waals surface area (Å²) < 4.78 is 5.40. The van der Waals surface area contributed by atoms with Gasteiger partial charge in [0.2, 0.25) is 5.91 Å². The van der Waals surface area contributed by atoms with Crippen LogP contribution in [0.1, 0.15) is 52.1 Å². The van der Waals surface area contributed by atoms with Crippen molar-refractivity contribution in [2.75, 3.05) is 33.3 Å². The van der Waals surface area contributed by atoms with Crippen molar-refractivity contribution in [3.8, 4) is 11.5 Å². The lowest BCUT2D eigenvalue weighted by Crippen LogP contribution is -2.39. The molecule has 1 unspecified atom stereocenters. The van der Waals surface area contributed by atoms with Crippen LogP contribution in [0.4, 0.5) is 0 Å². The second-order valence-corrected chi connectivity index (χ2v) is 8.35. The van der Waals surface area contributed by atoms with E-state index < -0.39 is 0 Å². The first-order valence-electron chi connectivity index (χ1n) is 10.5. The molecule has 1 amide bonds. The summed E-state index contributed by atoms with van der Waals surface area (Å²) in [6.07, 6.45) is 2.19. The summed E-state index contributed by atoms with van der Waals surface area (Å²) in [4.78, 5) is 13.7. The Hall–Kier alpha value is -2.13. The molecule has 8 nitrogen and oxygen atoms in total. The van der Waals surface area contributed by atoms with Crippen LogP contribution in [0.15, 0.2) is 23.3 Å². The van der Waals surface area contributed by atoms with E-state index >= 15 is 0 Å². The quantitative estimate of drug-likeness (QED) is 0.490. The Morgan fingerprint density at radius 2 is 2.17 bits per heavy atom. The Labute approximate surface area is 184 Å². The number of hydrogen-bond donors (Lipinski definition) is 3. The minimum atomic E-state index is -0.166. The summed E-state index contributed by atoms with van der Waals surface area (Å²) in [5, 5.41) is 23.9. The Balaban J connectivity index is 1.92. The molecule has 30 heavy (non-hydrogen) atoms. The number of carbonyl (C=O) groups excluding carboxylic acids is 1. The number of nitrogens with one attached hydrogen (secondary N) is 2. The fourth-order valence-corrected chi connectivity index (χ4v) is 4.22. The average Bonchev–Trinajstić information content (AvgIpc) is 3.05. The summed E-state index contributed by atoms with van der Waals surface area (Å²) in [6, 6.07) is 5.62. The SMILES string of the molecule is CCCCN(CCN[C@@H](C)c1ccc(OCC)c(O)c1)C1=NN(C)C(NC(C)=O)S1. The number of carbonyl (C=O) groups is 1. The molecule has 1 aliphatic heterocycles. The maximum atomic E-state index is 11.4. The molecule has 0 bridgehead atoms. The predicted octanol–water partition coefficient (Wildman–Crippen LogP) is 2.91. The number of hydrogen-bond acceptors (Lipinski definition) is 8. The molecule has 0 saturated heterocycles. The van der Waals surface area contributed by atoms with E-state index in [1.807, 2.05) is 26.1 Å². The number of unbranched alkanes of at least 4 members (excludes halogenated alkanes) is 1. The molecule has 168 valence electrons. The van der Waals surface area contributed by atoms with Crippen molar-refractivity contribution in [2.24, 2.45) is 5.10 Å². The summed E-state index contributed by atoms with van der Waals surface area (Å²) in [5.74, 6) is 0.606. The van der Waals surface area contributed by atoms with E-state index in [1.54, 1.807) is 22.8 Å². The number of benzene rings is 1. The van der Waals surface area contributed by atoms with Crippen molar-refractivity contribution >= 4 is 22.8 Å². The van der Waals surface area contributed by atoms with Gasteiger partial charge in [0.1, 0.15) is 0 Å². The summed E-state index contributed by atoms with van der Waals surface area (Å²) in [5.41, 5.74) is 0.842. The predicted molar refractivity (Wildman–Crippen MR) is 123 cm³/mol. The number of amidine groups is 1. The lowest BCUT2D eigenvalue weighted by atomic mass is 10.1. The number of aromatic hydroxyl groups is 1. The smallest absolute Gasteiger partial charge is 0.219 e. The van der Waals surface area contributed by atoms with Crippen molar-refractivity contribution in [1.82, 2.24) is 20.5 Å². The van der Waals surface area contributed by atoms with E-state index in [0.29, 0.717) is 12.4 Å². The van der Waals surface area contributed by atoms with Crippen molar-refractivity contribution in [1.29, 1.82) is 0 Å². The lowest BCUT2D eigenvalue weighted by molar-refractivity contribution is -0.119. The summed E-state index contributed by atoms with van der Waals surface area (Å²) >= 11 is 1.56. The highest BCUT2D eigenvalue weighted by Gasteiger charge is 2.28. The highest BCUT2D eigenvalue weighted by Crippen LogP contribution is 2.29. The molecule has 1 aromatic carbocycles. The van der Waals surface area contributed by atoms with Crippen LogP contribution in [0.5, 0.6) is 11.5 Å². The van der Waals surface area contributed by atoms with Crippen molar-refractivity contribution in [3.05, 3.63) is 23.8 Å². The van der Waals surface area contributed by atoms with E-state index in [0.717, 1.165) is 43.2 Å². The first-order valence-corrected chi connectivity index (χ1v) is 11.4. The third-order valence-electron chi connectivity index (χ3n) is 4.79. The minimum absolute atomic E-state index is 0.0648. The monoisotopic (exact) mass is 437 g/mol. The maximum absolute atomic E-state index is 11.4. The van der Waals surface area contributed by atoms with Crippen LogP contribution in [0, 0.1) is 0 Å². The van der Waals surface area contributed by atoms with Gasteiger partial charge in [0.15, 0.2) is 22.2 Å². The first-order chi connectivity index (χ1) is 14.3. The topological polar surface area (TPSA) is 89.4 Å². The second-order valence-electron chi connectivity index (χ2n) is 7.30. The number of thioether (sulfide) groups is 1. The zero-order chi connectivity index (χ0) is 22.1. The van der Waals surface area contributed by atoms with E-state index in [2.05, 4.69) is 34.5 Å². The molecular weight excluding hydrogens is 402 g/mol. The van der Waals surface area contributed by atoms with Crippen LogP contribution < -0.4 is 15.4 Å². The Morgan fingerprint density at radius 1 is 1.40 bits per heavy atom. The van der Waals surface area contributed by atoms with Crippen LogP contribution in [0.3, 0.4) is 0 Å². The van der Waals surface area contributed by atoms with Gasteiger partial charge in [-0.15, -0.1) is 5.10 Å². The number of amides is 1. The van der Waals surface area contributed by atoms with Crippen molar-refractivity contribution in [2.45, 2.75) is 52.1 Å². The number of nitrogens with zero attached hydrogens (tertiary/aromatic N) is 3. The molecule has 9 heteroatoms. The molecule has 3 N–H and O–H groups in total. The molecule has 1 heterocycles. The van der Waals surface area contributed by atoms with Gasteiger partial charge in [-0.1, -0.05) is 19.4 Å². The number of ether oxygens (including phenoxy) is 1. The van der Waals surface area contributed by atoms with Gasteiger partial charge < -0.3 is 25.4 Å². The van der Waals surface area contributed by atoms with E-state index in [4.69, 9.17) is 4.74 Å². The van der Waals surface area contributed by atoms with Crippen LogP contribution in [-0.4, -0.2) is 64.9 Å². The summed E-state index contributed by atoms with van der Waals surface area (Å²) in [6.45, 7) is 10.7. The maximum Gasteiger partial charge on any atom is 0.219 e. The van der Waals surface area contributed by atoms with Crippen LogP contribution in [0.2, 0.25) is 0 Å². The second kappa shape index (κ2) is 11.9. The van der Waals surface area contributed by atoms with Gasteiger partial charge in [0, 0.05) is 39.6 Å². The van der Waals surface area contributed by atoms with Gasteiger partial charge >= 0.3 is 0 Å². The molecule has 0 radical (unpaired) electrons. The van der Waals surface area contributed by atoms with E-state index in [-0.39, 0.29) is 23.2 Å². The van der Waals surface area contributed by atoms with Crippen molar-refractivity contribution < 1.29 is 14.6 Å². The van der Waals surface area contributed by atoms with Gasteiger partial charge in [-0.2, -0.15) is 0 Å². The zero-order valence-corrected chi connectivity index (χ0v) is 19.5. The molecule has 1 aliphatic rings. The minimum Gasteiger partial charge on any atom is -0.504 e. The molecule has 2 atom stereocenters. The normalized spacial score (nSPS) is 16.9. The van der Waals surface area contributed by atoms with Gasteiger partial charge in [-0.3, -0.25) is 9.80 Å². The molecule has 0 aliphatic carbocycles. The first kappa shape index (κ1) is 24.1. The lowest BCUT2D eigenvalue weighted by Gasteiger charge is -2.25. The van der Waals surface area contributed by atoms with Gasteiger partial charge in [0.05, 0.1) is 6.61 Å². The number of rotatable bonds is 11. The third kappa shape index (κ3) is 6.98. The fourth-order valence-electron chi connectivity index (χ4n) is 3.09. The number of hydrazone groups is 1. The Bertz CT molecular complexity index is 731. The number of phenolic OH excluding ortho intramolecular Hbond substituents is 1. The Kier molecular flexibility index (Phi) is 9.58.